The second-order valence-corrected chi connectivity index (χ2v) is 6.96. The monoisotopic (exact) mass is 364 g/mol. The third kappa shape index (κ3) is 6.34. The van der Waals surface area contributed by atoms with Gasteiger partial charge in [-0.1, -0.05) is 29.8 Å². The van der Waals surface area contributed by atoms with Crippen LogP contribution >= 0.6 is 22.9 Å². The van der Waals surface area contributed by atoms with Gasteiger partial charge in [0, 0.05) is 36.5 Å². The zero-order valence-electron chi connectivity index (χ0n) is 13.6. The van der Waals surface area contributed by atoms with Crippen molar-refractivity contribution in [1.82, 2.24) is 10.2 Å². The van der Waals surface area contributed by atoms with Crippen molar-refractivity contribution in [2.75, 3.05) is 19.6 Å². The molecule has 0 aliphatic carbocycles. The minimum Gasteiger partial charge on any atom is -0.354 e. The Bertz CT molecular complexity index is 673. The Kier molecular flexibility index (Phi) is 7.28. The summed E-state index contributed by atoms with van der Waals surface area (Å²) in [7, 11) is 0. The molecule has 0 fully saturated rings. The van der Waals surface area contributed by atoms with Gasteiger partial charge in [0.2, 0.25) is 11.8 Å². The van der Waals surface area contributed by atoms with Crippen molar-refractivity contribution in [3.8, 4) is 0 Å². The number of hydrogen-bond acceptors (Lipinski definition) is 3. The summed E-state index contributed by atoms with van der Waals surface area (Å²) in [6.07, 6.45) is 1.13. The van der Waals surface area contributed by atoms with Crippen LogP contribution in [0.1, 0.15) is 17.4 Å². The molecule has 4 nitrogen and oxygen atoms in total. The molecule has 2 amide bonds. The van der Waals surface area contributed by atoms with E-state index in [2.05, 4.69) is 5.32 Å². The third-order valence-corrected chi connectivity index (χ3v) is 4.74. The summed E-state index contributed by atoms with van der Waals surface area (Å²) >= 11 is 7.54. The van der Waals surface area contributed by atoms with Crippen LogP contribution in [0, 0.1) is 0 Å². The van der Waals surface area contributed by atoms with Crippen LogP contribution in [0.2, 0.25) is 5.02 Å². The normalized spacial score (nSPS) is 10.4. The molecule has 0 bridgehead atoms. The number of rotatable bonds is 8. The van der Waals surface area contributed by atoms with Crippen LogP contribution in [-0.2, 0) is 22.4 Å². The summed E-state index contributed by atoms with van der Waals surface area (Å²) in [6.45, 7) is 3.12. The Hall–Kier alpha value is -1.85. The average Bonchev–Trinajstić information content (AvgIpc) is 3.03. The maximum atomic E-state index is 11.9. The van der Waals surface area contributed by atoms with Gasteiger partial charge in [-0.15, -0.1) is 11.3 Å². The Morgan fingerprint density at radius 1 is 1.21 bits per heavy atom. The van der Waals surface area contributed by atoms with E-state index < -0.39 is 0 Å². The van der Waals surface area contributed by atoms with E-state index in [9.17, 15) is 9.59 Å². The van der Waals surface area contributed by atoms with Crippen molar-refractivity contribution in [3.63, 3.8) is 0 Å². The van der Waals surface area contributed by atoms with Crippen LogP contribution in [0.5, 0.6) is 0 Å². The molecule has 1 aromatic carbocycles. The molecule has 1 heterocycles. The summed E-state index contributed by atoms with van der Waals surface area (Å²) in [5.74, 6) is -0.0136. The summed E-state index contributed by atoms with van der Waals surface area (Å²) < 4.78 is 0. The first-order chi connectivity index (χ1) is 11.5. The van der Waals surface area contributed by atoms with Gasteiger partial charge in [0.25, 0.3) is 0 Å². The third-order valence-electron chi connectivity index (χ3n) is 3.62. The smallest absolute Gasteiger partial charge is 0.225 e. The fourth-order valence-electron chi connectivity index (χ4n) is 2.35. The van der Waals surface area contributed by atoms with E-state index in [1.165, 1.54) is 0 Å². The molecule has 6 heteroatoms. The van der Waals surface area contributed by atoms with E-state index in [0.717, 1.165) is 16.9 Å². The number of carbonyl (C=O) groups is 2. The first-order valence-electron chi connectivity index (χ1n) is 7.83. The first kappa shape index (κ1) is 18.5. The standard InChI is InChI=1S/C18H21ClN2O2S/c1-14(22)21(9-7-15-4-2-5-16(19)12-15)10-8-20-18(23)13-17-6-3-11-24-17/h2-6,11-12H,7-10,13H2,1H3,(H,20,23). The fraction of sp³-hybridized carbons (Fsp3) is 0.333. The molecular weight excluding hydrogens is 344 g/mol. The molecule has 128 valence electrons. The van der Waals surface area contributed by atoms with Gasteiger partial charge in [0.05, 0.1) is 6.42 Å². The maximum Gasteiger partial charge on any atom is 0.225 e. The highest BCUT2D eigenvalue weighted by Gasteiger charge is 2.10. The minimum atomic E-state index is -0.0178. The van der Waals surface area contributed by atoms with Gasteiger partial charge in [-0.25, -0.2) is 0 Å². The van der Waals surface area contributed by atoms with E-state index in [1.54, 1.807) is 23.2 Å². The Labute approximate surface area is 151 Å². The second kappa shape index (κ2) is 9.45. The van der Waals surface area contributed by atoms with Gasteiger partial charge >= 0.3 is 0 Å². The number of thiophene rings is 1. The molecule has 1 aromatic heterocycles. The SMILES string of the molecule is CC(=O)N(CCNC(=O)Cc1cccs1)CCc1cccc(Cl)c1. The van der Waals surface area contributed by atoms with Gasteiger partial charge in [0.1, 0.15) is 0 Å². The van der Waals surface area contributed by atoms with Gasteiger partial charge in [-0.3, -0.25) is 9.59 Å². The van der Waals surface area contributed by atoms with Crippen LogP contribution < -0.4 is 5.32 Å². The number of amides is 2. The average molecular weight is 365 g/mol. The van der Waals surface area contributed by atoms with Crippen LogP contribution in [0.15, 0.2) is 41.8 Å². The van der Waals surface area contributed by atoms with Crippen molar-refractivity contribution in [2.24, 2.45) is 0 Å². The van der Waals surface area contributed by atoms with E-state index in [0.29, 0.717) is 31.1 Å². The van der Waals surface area contributed by atoms with Crippen molar-refractivity contribution in [2.45, 2.75) is 19.8 Å². The Morgan fingerprint density at radius 3 is 2.71 bits per heavy atom. The van der Waals surface area contributed by atoms with Crippen molar-refractivity contribution in [1.29, 1.82) is 0 Å². The summed E-state index contributed by atoms with van der Waals surface area (Å²) in [5.41, 5.74) is 1.09. The van der Waals surface area contributed by atoms with Gasteiger partial charge in [-0.2, -0.15) is 0 Å². The van der Waals surface area contributed by atoms with Crippen molar-refractivity contribution >= 4 is 34.8 Å². The molecule has 24 heavy (non-hydrogen) atoms. The van der Waals surface area contributed by atoms with Crippen molar-refractivity contribution in [3.05, 3.63) is 57.2 Å². The molecular formula is C18H21ClN2O2S. The molecule has 0 saturated heterocycles. The molecule has 0 atom stereocenters. The minimum absolute atomic E-state index is 0.00420. The highest BCUT2D eigenvalue weighted by Crippen LogP contribution is 2.11. The highest BCUT2D eigenvalue weighted by molar-refractivity contribution is 7.10. The van der Waals surface area contributed by atoms with E-state index in [-0.39, 0.29) is 11.8 Å². The topological polar surface area (TPSA) is 49.4 Å². The molecule has 2 rings (SSSR count). The van der Waals surface area contributed by atoms with Gasteiger partial charge in [-0.05, 0) is 35.6 Å². The Morgan fingerprint density at radius 2 is 2.04 bits per heavy atom. The summed E-state index contributed by atoms with van der Waals surface area (Å²) in [4.78, 5) is 26.4. The molecule has 0 spiro atoms. The molecule has 2 aromatic rings. The van der Waals surface area contributed by atoms with E-state index in [4.69, 9.17) is 11.6 Å². The van der Waals surface area contributed by atoms with E-state index >= 15 is 0 Å². The van der Waals surface area contributed by atoms with Gasteiger partial charge < -0.3 is 10.2 Å². The quantitative estimate of drug-likeness (QED) is 0.782. The first-order valence-corrected chi connectivity index (χ1v) is 9.09. The van der Waals surface area contributed by atoms with Crippen LogP contribution in [0.25, 0.3) is 0 Å². The number of nitrogens with one attached hydrogen (secondary N) is 1. The predicted molar refractivity (Wildman–Crippen MR) is 98.4 cm³/mol. The number of hydrogen-bond donors (Lipinski definition) is 1. The Balaban J connectivity index is 1.74. The molecule has 0 radical (unpaired) electrons. The highest BCUT2D eigenvalue weighted by atomic mass is 35.5. The molecule has 0 aliphatic heterocycles. The lowest BCUT2D eigenvalue weighted by Crippen LogP contribution is -2.38. The zero-order valence-corrected chi connectivity index (χ0v) is 15.2. The van der Waals surface area contributed by atoms with E-state index in [1.807, 2.05) is 41.8 Å². The fourth-order valence-corrected chi connectivity index (χ4v) is 3.26. The number of carbonyl (C=O) groups excluding carboxylic acids is 2. The number of benzene rings is 1. The summed E-state index contributed by atoms with van der Waals surface area (Å²) in [6, 6.07) is 11.5. The lowest BCUT2D eigenvalue weighted by Gasteiger charge is -2.21. The second-order valence-electron chi connectivity index (χ2n) is 5.49. The van der Waals surface area contributed by atoms with Crippen LogP contribution in [0.3, 0.4) is 0 Å². The number of nitrogens with zero attached hydrogens (tertiary/aromatic N) is 1. The molecule has 0 unspecified atom stereocenters. The summed E-state index contributed by atoms with van der Waals surface area (Å²) in [5, 5.41) is 5.52. The number of halogens is 1. The van der Waals surface area contributed by atoms with Crippen LogP contribution in [-0.4, -0.2) is 36.3 Å². The molecule has 0 saturated carbocycles. The van der Waals surface area contributed by atoms with Crippen molar-refractivity contribution < 1.29 is 9.59 Å². The maximum absolute atomic E-state index is 11.9. The molecule has 0 aliphatic rings. The lowest BCUT2D eigenvalue weighted by atomic mass is 10.1. The zero-order chi connectivity index (χ0) is 17.4. The largest absolute Gasteiger partial charge is 0.354 e. The lowest BCUT2D eigenvalue weighted by molar-refractivity contribution is -0.129. The van der Waals surface area contributed by atoms with Gasteiger partial charge in [0.15, 0.2) is 0 Å². The predicted octanol–water partition coefficient (Wildman–Crippen LogP) is 3.15. The molecule has 1 N–H and O–H groups in total. The van der Waals surface area contributed by atoms with Crippen LogP contribution in [0.4, 0.5) is 0 Å².